The summed E-state index contributed by atoms with van der Waals surface area (Å²) in [6, 6.07) is 6.10. The first-order valence-corrected chi connectivity index (χ1v) is 8.26. The number of pyridine rings is 1. The van der Waals surface area contributed by atoms with Gasteiger partial charge in [0.2, 0.25) is 0 Å². The molecule has 0 bridgehead atoms. The molecule has 0 saturated heterocycles. The van der Waals surface area contributed by atoms with E-state index in [2.05, 4.69) is 20.9 Å². The number of methoxy groups -OCH3 is 1. The molecule has 6 nitrogen and oxygen atoms in total. The monoisotopic (exact) mass is 341 g/mol. The first-order valence-electron chi connectivity index (χ1n) is 8.26. The van der Waals surface area contributed by atoms with Crippen LogP contribution in [0.3, 0.4) is 0 Å². The molecule has 3 aromatic rings. The van der Waals surface area contributed by atoms with Crippen LogP contribution >= 0.6 is 0 Å². The van der Waals surface area contributed by atoms with Gasteiger partial charge in [0, 0.05) is 48.7 Å². The van der Waals surface area contributed by atoms with Crippen LogP contribution in [0, 0.1) is 6.92 Å². The Hall–Kier alpha value is -2.60. The van der Waals surface area contributed by atoms with Gasteiger partial charge in [-0.05, 0) is 26.0 Å². The van der Waals surface area contributed by atoms with E-state index in [9.17, 15) is 4.79 Å². The number of aromatic nitrogens is 2. The van der Waals surface area contributed by atoms with Gasteiger partial charge in [0.05, 0.1) is 24.4 Å². The maximum Gasteiger partial charge on any atom is 0.357 e. The van der Waals surface area contributed by atoms with Gasteiger partial charge in [0.25, 0.3) is 0 Å². The van der Waals surface area contributed by atoms with Gasteiger partial charge >= 0.3 is 5.97 Å². The van der Waals surface area contributed by atoms with Gasteiger partial charge in [-0.3, -0.25) is 0 Å². The number of carbonyl (C=O) groups is 1. The molecule has 0 aliphatic heterocycles. The summed E-state index contributed by atoms with van der Waals surface area (Å²) in [5.74, 6) is -0.420. The minimum Gasteiger partial charge on any atom is -0.461 e. The molecule has 2 heterocycles. The minimum absolute atomic E-state index is 0.284. The maximum atomic E-state index is 12.5. The molecule has 0 aliphatic carbocycles. The summed E-state index contributed by atoms with van der Waals surface area (Å²) in [5, 5.41) is 2.03. The van der Waals surface area contributed by atoms with Crippen molar-refractivity contribution in [1.29, 1.82) is 0 Å². The van der Waals surface area contributed by atoms with Crippen LogP contribution in [-0.2, 0) is 16.1 Å². The minimum atomic E-state index is -0.420. The largest absolute Gasteiger partial charge is 0.461 e. The molecule has 25 heavy (non-hydrogen) atoms. The number of fused-ring (bicyclic) bond motifs is 3. The number of aryl methyl sites for hydroxylation is 1. The van der Waals surface area contributed by atoms with Crippen molar-refractivity contribution in [3.05, 3.63) is 35.2 Å². The van der Waals surface area contributed by atoms with Gasteiger partial charge in [-0.25, -0.2) is 9.78 Å². The van der Waals surface area contributed by atoms with E-state index in [4.69, 9.17) is 9.47 Å². The zero-order valence-electron chi connectivity index (χ0n) is 15.3. The van der Waals surface area contributed by atoms with E-state index in [-0.39, 0.29) is 6.61 Å². The van der Waals surface area contributed by atoms with Crippen LogP contribution in [0.1, 0.15) is 28.7 Å². The Labute approximate surface area is 146 Å². The first-order chi connectivity index (χ1) is 12.0. The standard InChI is InChI=1S/C19H23N3O3/c1-6-25-19(23)18-12(10-24-5)15-16-13(21-17(15)11(2)20-18)8-7-9-14(16)22(3)4/h7-9,21H,6,10H2,1-5H3. The van der Waals surface area contributed by atoms with Gasteiger partial charge in [-0.2, -0.15) is 0 Å². The molecule has 0 radical (unpaired) electrons. The molecule has 0 unspecified atom stereocenters. The lowest BCUT2D eigenvalue weighted by Gasteiger charge is -2.16. The Morgan fingerprint density at radius 1 is 1.28 bits per heavy atom. The van der Waals surface area contributed by atoms with E-state index in [0.717, 1.165) is 38.8 Å². The molecular weight excluding hydrogens is 318 g/mol. The van der Waals surface area contributed by atoms with Crippen molar-refractivity contribution in [2.75, 3.05) is 32.7 Å². The second-order valence-electron chi connectivity index (χ2n) is 6.15. The molecular formula is C19H23N3O3. The number of carbonyl (C=O) groups excluding carboxylic acids is 1. The molecule has 0 amide bonds. The Balaban J connectivity index is 2.47. The van der Waals surface area contributed by atoms with Crippen LogP contribution in [0.15, 0.2) is 18.2 Å². The van der Waals surface area contributed by atoms with Crippen molar-refractivity contribution >= 4 is 33.5 Å². The van der Waals surface area contributed by atoms with Gasteiger partial charge in [-0.1, -0.05) is 6.07 Å². The lowest BCUT2D eigenvalue weighted by Crippen LogP contribution is -2.13. The van der Waals surface area contributed by atoms with Crippen molar-refractivity contribution in [2.45, 2.75) is 20.5 Å². The summed E-state index contributed by atoms with van der Waals surface area (Å²) >= 11 is 0. The quantitative estimate of drug-likeness (QED) is 0.720. The van der Waals surface area contributed by atoms with E-state index in [1.807, 2.05) is 33.2 Å². The van der Waals surface area contributed by atoms with Crippen molar-refractivity contribution in [1.82, 2.24) is 9.97 Å². The number of H-pyrrole nitrogens is 1. The summed E-state index contributed by atoms with van der Waals surface area (Å²) in [5.41, 5.74) is 4.83. The highest BCUT2D eigenvalue weighted by Crippen LogP contribution is 2.37. The molecule has 6 heteroatoms. The molecule has 1 aromatic carbocycles. The van der Waals surface area contributed by atoms with Gasteiger partial charge in [-0.15, -0.1) is 0 Å². The van der Waals surface area contributed by atoms with Crippen molar-refractivity contribution in [3.8, 4) is 0 Å². The first kappa shape index (κ1) is 17.2. The lowest BCUT2D eigenvalue weighted by molar-refractivity contribution is 0.0514. The molecule has 1 N–H and O–H groups in total. The smallest absolute Gasteiger partial charge is 0.357 e. The summed E-state index contributed by atoms with van der Waals surface area (Å²) in [7, 11) is 5.62. The highest BCUT2D eigenvalue weighted by molar-refractivity contribution is 6.16. The van der Waals surface area contributed by atoms with Crippen molar-refractivity contribution < 1.29 is 14.3 Å². The number of nitrogens with one attached hydrogen (secondary N) is 1. The van der Waals surface area contributed by atoms with E-state index in [1.165, 1.54) is 0 Å². The van der Waals surface area contributed by atoms with Crippen LogP contribution in [0.5, 0.6) is 0 Å². The molecule has 2 aromatic heterocycles. The third kappa shape index (κ3) is 2.82. The fraction of sp³-hybridized carbons (Fsp3) is 0.368. The van der Waals surface area contributed by atoms with Crippen LogP contribution in [0.25, 0.3) is 21.8 Å². The molecule has 0 saturated carbocycles. The Morgan fingerprint density at radius 3 is 2.68 bits per heavy atom. The number of anilines is 1. The summed E-state index contributed by atoms with van der Waals surface area (Å²) in [6.45, 7) is 4.27. The van der Waals surface area contributed by atoms with Crippen molar-refractivity contribution in [2.24, 2.45) is 0 Å². The van der Waals surface area contributed by atoms with Crippen LogP contribution < -0.4 is 4.90 Å². The summed E-state index contributed by atoms with van der Waals surface area (Å²) in [6.07, 6.45) is 0. The number of ether oxygens (including phenoxy) is 2. The van der Waals surface area contributed by atoms with Gasteiger partial charge in [0.15, 0.2) is 5.69 Å². The van der Waals surface area contributed by atoms with Gasteiger partial charge < -0.3 is 19.4 Å². The maximum absolute atomic E-state index is 12.5. The van der Waals surface area contributed by atoms with E-state index < -0.39 is 5.97 Å². The zero-order valence-corrected chi connectivity index (χ0v) is 15.3. The fourth-order valence-electron chi connectivity index (χ4n) is 3.24. The number of nitrogens with zero attached hydrogens (tertiary/aromatic N) is 2. The number of hydrogen-bond donors (Lipinski definition) is 1. The number of hydrogen-bond acceptors (Lipinski definition) is 5. The van der Waals surface area contributed by atoms with Crippen LogP contribution in [0.4, 0.5) is 5.69 Å². The highest BCUT2D eigenvalue weighted by Gasteiger charge is 2.23. The Morgan fingerprint density at radius 2 is 2.04 bits per heavy atom. The Kier molecular flexibility index (Phi) is 4.63. The summed E-state index contributed by atoms with van der Waals surface area (Å²) < 4.78 is 10.6. The third-order valence-corrected chi connectivity index (χ3v) is 4.27. The molecule has 0 aliphatic rings. The summed E-state index contributed by atoms with van der Waals surface area (Å²) in [4.78, 5) is 22.5. The van der Waals surface area contributed by atoms with E-state index >= 15 is 0 Å². The number of aromatic amines is 1. The average Bonchev–Trinajstić information content (AvgIpc) is 2.97. The predicted octanol–water partition coefficient (Wildman–Crippen LogP) is 3.41. The number of benzene rings is 1. The number of esters is 1. The lowest BCUT2D eigenvalue weighted by atomic mass is 10.0. The average molecular weight is 341 g/mol. The Bertz CT molecular complexity index is 944. The van der Waals surface area contributed by atoms with E-state index in [0.29, 0.717) is 12.3 Å². The SMILES string of the molecule is CCOC(=O)c1nc(C)c2[nH]c3cccc(N(C)C)c3c2c1COC. The molecule has 132 valence electrons. The molecule has 0 atom stereocenters. The molecule has 0 spiro atoms. The van der Waals surface area contributed by atoms with Crippen LogP contribution in [0.2, 0.25) is 0 Å². The predicted molar refractivity (Wildman–Crippen MR) is 99.3 cm³/mol. The van der Waals surface area contributed by atoms with Crippen molar-refractivity contribution in [3.63, 3.8) is 0 Å². The highest BCUT2D eigenvalue weighted by atomic mass is 16.5. The normalized spacial score (nSPS) is 11.2. The molecule has 0 fully saturated rings. The van der Waals surface area contributed by atoms with E-state index in [1.54, 1.807) is 14.0 Å². The topological polar surface area (TPSA) is 67.5 Å². The number of rotatable bonds is 5. The second-order valence-corrected chi connectivity index (χ2v) is 6.15. The van der Waals surface area contributed by atoms with Crippen LogP contribution in [-0.4, -0.2) is 43.7 Å². The van der Waals surface area contributed by atoms with Gasteiger partial charge in [0.1, 0.15) is 0 Å². The second kappa shape index (κ2) is 6.72. The fourth-order valence-corrected chi connectivity index (χ4v) is 3.24. The molecule has 3 rings (SSSR count). The third-order valence-electron chi connectivity index (χ3n) is 4.27. The zero-order chi connectivity index (χ0) is 18.1.